The van der Waals surface area contributed by atoms with Gasteiger partial charge in [0.25, 0.3) is 0 Å². The Morgan fingerprint density at radius 3 is 2.55 bits per heavy atom. The van der Waals surface area contributed by atoms with Crippen molar-refractivity contribution >= 4 is 40.0 Å². The van der Waals surface area contributed by atoms with Crippen molar-refractivity contribution in [1.29, 1.82) is 0 Å². The van der Waals surface area contributed by atoms with E-state index in [9.17, 15) is 9.59 Å². The summed E-state index contributed by atoms with van der Waals surface area (Å²) in [6.45, 7) is 4.37. The van der Waals surface area contributed by atoms with Crippen LogP contribution in [0.3, 0.4) is 0 Å². The molecule has 1 atom stereocenters. The smallest absolute Gasteiger partial charge is 0.246 e. The molecule has 0 aliphatic heterocycles. The molecule has 4 rings (SSSR count). The SMILES string of the molecule is CCCN(C(=O)/C=C/c1csc(N(C(C)=O)c2ccccc2)n1)C1CCc2ccccc2C1. The summed E-state index contributed by atoms with van der Waals surface area (Å²) in [5, 5.41) is 2.47. The third-order valence-corrected chi connectivity index (χ3v) is 6.78. The number of fused-ring (bicyclic) bond motifs is 1. The molecule has 170 valence electrons. The lowest BCUT2D eigenvalue weighted by atomic mass is 9.87. The second-order valence-corrected chi connectivity index (χ2v) is 9.11. The van der Waals surface area contributed by atoms with Crippen molar-refractivity contribution in [2.45, 2.75) is 45.6 Å². The summed E-state index contributed by atoms with van der Waals surface area (Å²) in [4.78, 5) is 33.6. The predicted octanol–water partition coefficient (Wildman–Crippen LogP) is 5.64. The highest BCUT2D eigenvalue weighted by atomic mass is 32.1. The van der Waals surface area contributed by atoms with Gasteiger partial charge in [-0.05, 0) is 55.0 Å². The molecule has 2 aromatic carbocycles. The molecule has 1 aromatic heterocycles. The van der Waals surface area contributed by atoms with Crippen LogP contribution < -0.4 is 4.90 Å². The number of rotatable bonds is 7. The number of para-hydroxylation sites is 1. The van der Waals surface area contributed by atoms with Crippen molar-refractivity contribution in [3.63, 3.8) is 0 Å². The van der Waals surface area contributed by atoms with Crippen LogP contribution in [-0.2, 0) is 22.4 Å². The average molecular weight is 460 g/mol. The van der Waals surface area contributed by atoms with E-state index < -0.39 is 0 Å². The number of carbonyl (C=O) groups is 2. The molecule has 1 aliphatic rings. The molecule has 0 N–H and O–H groups in total. The molecule has 5 nitrogen and oxygen atoms in total. The van der Waals surface area contributed by atoms with E-state index in [2.05, 4.69) is 36.2 Å². The van der Waals surface area contributed by atoms with Gasteiger partial charge < -0.3 is 4.90 Å². The van der Waals surface area contributed by atoms with Gasteiger partial charge in [-0.15, -0.1) is 11.3 Å². The van der Waals surface area contributed by atoms with E-state index in [1.54, 1.807) is 17.1 Å². The van der Waals surface area contributed by atoms with Crippen LogP contribution in [0, 0.1) is 0 Å². The molecule has 1 aliphatic carbocycles. The number of benzene rings is 2. The number of hydrogen-bond donors (Lipinski definition) is 0. The highest BCUT2D eigenvalue weighted by molar-refractivity contribution is 7.14. The molecule has 1 heterocycles. The summed E-state index contributed by atoms with van der Waals surface area (Å²) < 4.78 is 0. The topological polar surface area (TPSA) is 53.5 Å². The molecule has 0 saturated carbocycles. The second-order valence-electron chi connectivity index (χ2n) is 8.28. The van der Waals surface area contributed by atoms with E-state index in [1.807, 2.05) is 40.6 Å². The molecule has 6 heteroatoms. The molecular weight excluding hydrogens is 430 g/mol. The zero-order valence-corrected chi connectivity index (χ0v) is 19.9. The van der Waals surface area contributed by atoms with Crippen LogP contribution in [0.1, 0.15) is 43.5 Å². The molecule has 0 bridgehead atoms. The Labute approximate surface area is 199 Å². The molecule has 33 heavy (non-hydrogen) atoms. The summed E-state index contributed by atoms with van der Waals surface area (Å²) in [5.74, 6) is -0.0869. The first-order chi connectivity index (χ1) is 16.1. The van der Waals surface area contributed by atoms with Crippen molar-refractivity contribution in [2.75, 3.05) is 11.4 Å². The third kappa shape index (κ3) is 5.40. The minimum Gasteiger partial charge on any atom is -0.336 e. The van der Waals surface area contributed by atoms with Crippen LogP contribution >= 0.6 is 11.3 Å². The summed E-state index contributed by atoms with van der Waals surface area (Å²) in [6.07, 6.45) is 7.20. The quantitative estimate of drug-likeness (QED) is 0.430. The summed E-state index contributed by atoms with van der Waals surface area (Å²) >= 11 is 1.39. The highest BCUT2D eigenvalue weighted by Crippen LogP contribution is 2.29. The molecule has 0 saturated heterocycles. The molecule has 1 unspecified atom stereocenters. The maximum Gasteiger partial charge on any atom is 0.246 e. The van der Waals surface area contributed by atoms with Gasteiger partial charge in [0.15, 0.2) is 5.13 Å². The number of aryl methyl sites for hydroxylation is 1. The molecule has 2 amide bonds. The van der Waals surface area contributed by atoms with Gasteiger partial charge in [0.05, 0.1) is 11.4 Å². The minimum absolute atomic E-state index is 0.0160. The fourth-order valence-corrected chi connectivity index (χ4v) is 5.22. The number of anilines is 2. The number of thiazole rings is 1. The van der Waals surface area contributed by atoms with E-state index in [0.29, 0.717) is 10.8 Å². The minimum atomic E-state index is -0.103. The Balaban J connectivity index is 1.48. The lowest BCUT2D eigenvalue weighted by Gasteiger charge is -2.34. The van der Waals surface area contributed by atoms with E-state index in [0.717, 1.165) is 37.9 Å². The van der Waals surface area contributed by atoms with Gasteiger partial charge >= 0.3 is 0 Å². The Bertz CT molecular complexity index is 1140. The summed E-state index contributed by atoms with van der Waals surface area (Å²) in [6, 6.07) is 18.2. The van der Waals surface area contributed by atoms with E-state index in [1.165, 1.54) is 29.4 Å². The zero-order valence-electron chi connectivity index (χ0n) is 19.1. The number of amides is 2. The van der Waals surface area contributed by atoms with Crippen LogP contribution in [0.2, 0.25) is 0 Å². The van der Waals surface area contributed by atoms with E-state index in [-0.39, 0.29) is 17.9 Å². The zero-order chi connectivity index (χ0) is 23.2. The Morgan fingerprint density at radius 2 is 1.82 bits per heavy atom. The standard InChI is InChI=1S/C27H29N3O2S/c1-3-17-29(25-15-13-21-9-7-8-10-22(21)18-25)26(32)16-14-23-19-33-27(28-23)30(20(2)31)24-11-5-4-6-12-24/h4-12,14,16,19,25H,3,13,15,17-18H2,1-2H3/b16-14+. The van der Waals surface area contributed by atoms with E-state index in [4.69, 9.17) is 0 Å². The Kier molecular flexibility index (Phi) is 7.35. The van der Waals surface area contributed by atoms with Crippen molar-refractivity contribution in [3.05, 3.63) is 82.9 Å². The first-order valence-electron chi connectivity index (χ1n) is 11.4. The number of carbonyl (C=O) groups excluding carboxylic acids is 2. The molecule has 0 radical (unpaired) electrons. The van der Waals surface area contributed by atoms with Gasteiger partial charge in [-0.1, -0.05) is 49.4 Å². The van der Waals surface area contributed by atoms with Crippen LogP contribution in [0.4, 0.5) is 10.8 Å². The number of nitrogens with zero attached hydrogens (tertiary/aromatic N) is 3. The molecule has 3 aromatic rings. The van der Waals surface area contributed by atoms with Crippen LogP contribution in [0.5, 0.6) is 0 Å². The second kappa shape index (κ2) is 10.6. The van der Waals surface area contributed by atoms with Crippen LogP contribution in [-0.4, -0.2) is 34.3 Å². The molecule has 0 spiro atoms. The molecule has 0 fully saturated rings. The Hall–Kier alpha value is -3.25. The lowest BCUT2D eigenvalue weighted by molar-refractivity contribution is -0.128. The van der Waals surface area contributed by atoms with Crippen molar-refractivity contribution < 1.29 is 9.59 Å². The lowest BCUT2D eigenvalue weighted by Crippen LogP contribution is -2.43. The fraction of sp³-hybridized carbons (Fsp3) is 0.296. The van der Waals surface area contributed by atoms with Crippen molar-refractivity contribution in [1.82, 2.24) is 9.88 Å². The maximum absolute atomic E-state index is 13.1. The first-order valence-corrected chi connectivity index (χ1v) is 12.3. The van der Waals surface area contributed by atoms with Crippen LogP contribution in [0.25, 0.3) is 6.08 Å². The van der Waals surface area contributed by atoms with Gasteiger partial charge in [0.1, 0.15) is 0 Å². The van der Waals surface area contributed by atoms with Crippen molar-refractivity contribution in [2.24, 2.45) is 0 Å². The highest BCUT2D eigenvalue weighted by Gasteiger charge is 2.26. The fourth-order valence-electron chi connectivity index (χ4n) is 4.37. The van der Waals surface area contributed by atoms with Gasteiger partial charge in [0.2, 0.25) is 11.8 Å². The molecular formula is C27H29N3O2S. The monoisotopic (exact) mass is 459 g/mol. The third-order valence-electron chi connectivity index (χ3n) is 5.94. The largest absolute Gasteiger partial charge is 0.336 e. The average Bonchev–Trinajstić information content (AvgIpc) is 3.29. The normalized spacial score (nSPS) is 15.3. The Morgan fingerprint density at radius 1 is 1.09 bits per heavy atom. The summed E-state index contributed by atoms with van der Waals surface area (Å²) in [5.41, 5.74) is 4.20. The predicted molar refractivity (Wildman–Crippen MR) is 135 cm³/mol. The van der Waals surface area contributed by atoms with Crippen molar-refractivity contribution in [3.8, 4) is 0 Å². The van der Waals surface area contributed by atoms with Gasteiger partial charge in [-0.25, -0.2) is 4.98 Å². The van der Waals surface area contributed by atoms with E-state index >= 15 is 0 Å². The number of aromatic nitrogens is 1. The maximum atomic E-state index is 13.1. The van der Waals surface area contributed by atoms with Gasteiger partial charge in [-0.2, -0.15) is 0 Å². The van der Waals surface area contributed by atoms with Gasteiger partial charge in [-0.3, -0.25) is 14.5 Å². The van der Waals surface area contributed by atoms with Crippen LogP contribution in [0.15, 0.2) is 66.1 Å². The van der Waals surface area contributed by atoms with Gasteiger partial charge in [0, 0.05) is 31.0 Å². The number of hydrogen-bond acceptors (Lipinski definition) is 4. The first kappa shape index (κ1) is 22.9. The summed E-state index contributed by atoms with van der Waals surface area (Å²) in [7, 11) is 0.